The molecule has 0 amide bonds. The molecule has 0 radical (unpaired) electrons. The highest BCUT2D eigenvalue weighted by Gasteiger charge is 2.16. The number of ether oxygens (including phenoxy) is 2. The molecular weight excluding hydrogens is 370 g/mol. The molecule has 0 saturated heterocycles. The van der Waals surface area contributed by atoms with Crippen LogP contribution in [-0.4, -0.2) is 17.8 Å². The Morgan fingerprint density at radius 3 is 2.54 bits per heavy atom. The van der Waals surface area contributed by atoms with Gasteiger partial charge < -0.3 is 19.9 Å². The smallest absolute Gasteiger partial charge is 0.161 e. The van der Waals surface area contributed by atoms with Gasteiger partial charge in [-0.05, 0) is 48.6 Å². The Morgan fingerprint density at radius 2 is 1.82 bits per heavy atom. The summed E-state index contributed by atoms with van der Waals surface area (Å²) in [7, 11) is 0. The van der Waals surface area contributed by atoms with Crippen LogP contribution in [-0.2, 0) is 13.2 Å². The van der Waals surface area contributed by atoms with Gasteiger partial charge in [0.05, 0.1) is 12.7 Å². The third kappa shape index (κ3) is 5.58. The van der Waals surface area contributed by atoms with Crippen molar-refractivity contribution < 1.29 is 14.6 Å². The van der Waals surface area contributed by atoms with Gasteiger partial charge in [0.2, 0.25) is 0 Å². The maximum absolute atomic E-state index is 10.5. The van der Waals surface area contributed by atoms with E-state index in [9.17, 15) is 5.11 Å². The molecule has 148 valence electrons. The number of thiophene rings is 1. The van der Waals surface area contributed by atoms with Crippen LogP contribution in [0.5, 0.6) is 11.5 Å². The first-order chi connectivity index (χ1) is 13.7. The van der Waals surface area contributed by atoms with E-state index in [1.807, 2.05) is 73.8 Å². The van der Waals surface area contributed by atoms with E-state index >= 15 is 0 Å². The van der Waals surface area contributed by atoms with Crippen molar-refractivity contribution in [2.24, 2.45) is 0 Å². The van der Waals surface area contributed by atoms with E-state index < -0.39 is 6.10 Å². The fourth-order valence-electron chi connectivity index (χ4n) is 2.92. The van der Waals surface area contributed by atoms with E-state index in [0.717, 1.165) is 22.6 Å². The molecule has 0 aliphatic carbocycles. The van der Waals surface area contributed by atoms with Gasteiger partial charge >= 0.3 is 0 Å². The molecule has 1 aromatic heterocycles. The first-order valence-corrected chi connectivity index (χ1v) is 10.4. The zero-order valence-electron chi connectivity index (χ0n) is 16.3. The molecule has 3 aromatic rings. The average molecular weight is 398 g/mol. The van der Waals surface area contributed by atoms with Gasteiger partial charge in [-0.1, -0.05) is 42.5 Å². The van der Waals surface area contributed by atoms with Crippen LogP contribution in [0.2, 0.25) is 0 Å². The summed E-state index contributed by atoms with van der Waals surface area (Å²) in [6, 6.07) is 19.7. The average Bonchev–Trinajstić information content (AvgIpc) is 3.25. The molecule has 1 heterocycles. The zero-order valence-corrected chi connectivity index (χ0v) is 17.1. The fraction of sp³-hybridized carbons (Fsp3) is 0.304. The van der Waals surface area contributed by atoms with E-state index in [4.69, 9.17) is 9.47 Å². The maximum Gasteiger partial charge on any atom is 0.161 e. The topological polar surface area (TPSA) is 50.7 Å². The van der Waals surface area contributed by atoms with Crippen molar-refractivity contribution >= 4 is 11.3 Å². The van der Waals surface area contributed by atoms with Crippen LogP contribution in [0.4, 0.5) is 0 Å². The summed E-state index contributed by atoms with van der Waals surface area (Å²) in [5.74, 6) is 1.49. The Morgan fingerprint density at radius 1 is 1.00 bits per heavy atom. The molecule has 0 spiro atoms. The molecular formula is C23H27NO3S. The van der Waals surface area contributed by atoms with Crippen molar-refractivity contribution in [3.8, 4) is 11.5 Å². The van der Waals surface area contributed by atoms with Crippen molar-refractivity contribution in [2.45, 2.75) is 39.1 Å². The van der Waals surface area contributed by atoms with E-state index in [-0.39, 0.29) is 6.04 Å². The Labute approximate surface area is 170 Å². The fourth-order valence-corrected chi connectivity index (χ4v) is 3.54. The van der Waals surface area contributed by atoms with Crippen molar-refractivity contribution in [2.75, 3.05) is 6.61 Å². The molecule has 0 aliphatic heterocycles. The Balaban J connectivity index is 1.61. The second-order valence-corrected chi connectivity index (χ2v) is 7.64. The highest BCUT2D eigenvalue weighted by atomic mass is 32.1. The van der Waals surface area contributed by atoms with Crippen LogP contribution in [0.1, 0.15) is 36.0 Å². The van der Waals surface area contributed by atoms with Crippen LogP contribution >= 0.6 is 11.3 Å². The molecule has 0 saturated carbocycles. The number of aliphatic hydroxyl groups excluding tert-OH is 1. The van der Waals surface area contributed by atoms with Gasteiger partial charge in [0.25, 0.3) is 0 Å². The van der Waals surface area contributed by atoms with E-state index in [2.05, 4.69) is 11.4 Å². The van der Waals surface area contributed by atoms with Gasteiger partial charge in [0.1, 0.15) is 6.61 Å². The van der Waals surface area contributed by atoms with Crippen LogP contribution in [0.25, 0.3) is 0 Å². The largest absolute Gasteiger partial charge is 0.490 e. The SMILES string of the molecule is CCOc1cc(CNC(C)C(O)c2ccccc2)ccc1OCc1cccs1. The van der Waals surface area contributed by atoms with Gasteiger partial charge in [-0.25, -0.2) is 0 Å². The number of nitrogens with one attached hydrogen (secondary N) is 1. The summed E-state index contributed by atoms with van der Waals surface area (Å²) < 4.78 is 11.7. The Bertz CT molecular complexity index is 836. The summed E-state index contributed by atoms with van der Waals surface area (Å²) in [6.07, 6.45) is -0.555. The summed E-state index contributed by atoms with van der Waals surface area (Å²) in [5.41, 5.74) is 1.99. The van der Waals surface area contributed by atoms with Gasteiger partial charge in [-0.15, -0.1) is 11.3 Å². The Kier molecular flexibility index (Phi) is 7.48. The number of hydrogen-bond donors (Lipinski definition) is 2. The lowest BCUT2D eigenvalue weighted by molar-refractivity contribution is 0.135. The minimum Gasteiger partial charge on any atom is -0.490 e. The van der Waals surface area contributed by atoms with Crippen molar-refractivity contribution in [1.29, 1.82) is 0 Å². The standard InChI is InChI=1S/C23H27NO3S/c1-3-26-22-14-18(11-12-21(22)27-16-20-10-7-13-28-20)15-24-17(2)23(25)19-8-5-4-6-9-19/h4-14,17,23-25H,3,15-16H2,1-2H3. The molecule has 28 heavy (non-hydrogen) atoms. The van der Waals surface area contributed by atoms with E-state index in [1.54, 1.807) is 11.3 Å². The third-order valence-electron chi connectivity index (χ3n) is 4.50. The second kappa shape index (κ2) is 10.3. The van der Waals surface area contributed by atoms with Gasteiger partial charge in [0.15, 0.2) is 11.5 Å². The predicted octanol–water partition coefficient (Wildman–Crippen LogP) is 4.94. The quantitative estimate of drug-likeness (QED) is 0.509. The monoisotopic (exact) mass is 397 g/mol. The van der Waals surface area contributed by atoms with Crippen molar-refractivity contribution in [3.05, 3.63) is 82.0 Å². The van der Waals surface area contributed by atoms with E-state index in [0.29, 0.717) is 19.8 Å². The maximum atomic E-state index is 10.5. The second-order valence-electron chi connectivity index (χ2n) is 6.61. The number of rotatable bonds is 10. The number of hydrogen-bond acceptors (Lipinski definition) is 5. The lowest BCUT2D eigenvalue weighted by atomic mass is 10.0. The van der Waals surface area contributed by atoms with Crippen LogP contribution in [0, 0.1) is 0 Å². The van der Waals surface area contributed by atoms with Crippen molar-refractivity contribution in [3.63, 3.8) is 0 Å². The van der Waals surface area contributed by atoms with Gasteiger partial charge in [0, 0.05) is 17.5 Å². The van der Waals surface area contributed by atoms with E-state index in [1.165, 1.54) is 4.88 Å². The molecule has 4 nitrogen and oxygen atoms in total. The summed E-state index contributed by atoms with van der Waals surface area (Å²) in [6.45, 7) is 5.70. The number of aliphatic hydroxyl groups is 1. The highest BCUT2D eigenvalue weighted by Crippen LogP contribution is 2.30. The molecule has 0 aliphatic rings. The highest BCUT2D eigenvalue weighted by molar-refractivity contribution is 7.09. The lowest BCUT2D eigenvalue weighted by Crippen LogP contribution is -2.31. The Hall–Kier alpha value is -2.34. The van der Waals surface area contributed by atoms with Crippen LogP contribution < -0.4 is 14.8 Å². The molecule has 0 fully saturated rings. The van der Waals surface area contributed by atoms with Gasteiger partial charge in [-0.3, -0.25) is 0 Å². The predicted molar refractivity (Wildman–Crippen MR) is 114 cm³/mol. The summed E-state index contributed by atoms with van der Waals surface area (Å²) in [4.78, 5) is 1.18. The third-order valence-corrected chi connectivity index (χ3v) is 5.35. The number of benzene rings is 2. The molecule has 2 aromatic carbocycles. The minimum absolute atomic E-state index is 0.0762. The summed E-state index contributed by atoms with van der Waals surface area (Å²) >= 11 is 1.68. The first-order valence-electron chi connectivity index (χ1n) is 9.54. The molecule has 2 atom stereocenters. The molecule has 2 N–H and O–H groups in total. The van der Waals surface area contributed by atoms with Crippen LogP contribution in [0.3, 0.4) is 0 Å². The lowest BCUT2D eigenvalue weighted by Gasteiger charge is -2.21. The molecule has 5 heteroatoms. The van der Waals surface area contributed by atoms with Gasteiger partial charge in [-0.2, -0.15) is 0 Å². The van der Waals surface area contributed by atoms with Crippen molar-refractivity contribution in [1.82, 2.24) is 5.32 Å². The zero-order chi connectivity index (χ0) is 19.8. The molecule has 3 rings (SSSR count). The minimum atomic E-state index is -0.555. The van der Waals surface area contributed by atoms with Crippen LogP contribution in [0.15, 0.2) is 66.0 Å². The summed E-state index contributed by atoms with van der Waals surface area (Å²) in [5, 5.41) is 15.9. The first kappa shape index (κ1) is 20.4. The molecule has 2 unspecified atom stereocenters. The molecule has 0 bridgehead atoms. The normalized spacial score (nSPS) is 13.1.